The van der Waals surface area contributed by atoms with Gasteiger partial charge in [-0.2, -0.15) is 5.10 Å². The molecule has 2 N–H and O–H groups in total. The molecule has 1 aromatic heterocycles. The van der Waals surface area contributed by atoms with Crippen LogP contribution in [0.3, 0.4) is 0 Å². The van der Waals surface area contributed by atoms with Crippen LogP contribution in [0.5, 0.6) is 0 Å². The van der Waals surface area contributed by atoms with Crippen LogP contribution in [-0.4, -0.2) is 9.78 Å². The normalized spacial score (nSPS) is 23.3. The molecule has 0 saturated carbocycles. The lowest BCUT2D eigenvalue weighted by Gasteiger charge is -2.10. The maximum Gasteiger partial charge on any atom is 0.0580 e. The number of hydrogen-bond donors (Lipinski definition) is 1. The Kier molecular flexibility index (Phi) is 1.89. The summed E-state index contributed by atoms with van der Waals surface area (Å²) in [6, 6.07) is 0.204. The lowest BCUT2D eigenvalue weighted by atomic mass is 10.1. The molecule has 0 radical (unpaired) electrons. The monoisotopic (exact) mass is 165 g/mol. The molecule has 0 aromatic carbocycles. The van der Waals surface area contributed by atoms with Crippen molar-refractivity contribution in [3.05, 3.63) is 17.5 Å². The van der Waals surface area contributed by atoms with E-state index in [0.717, 1.165) is 12.8 Å². The van der Waals surface area contributed by atoms with Crippen LogP contribution in [0.25, 0.3) is 0 Å². The van der Waals surface area contributed by atoms with Crippen molar-refractivity contribution in [2.24, 2.45) is 12.8 Å². The van der Waals surface area contributed by atoms with E-state index in [1.165, 1.54) is 24.1 Å². The van der Waals surface area contributed by atoms with Gasteiger partial charge in [-0.1, -0.05) is 6.42 Å². The Bertz CT molecular complexity index is 277. The zero-order valence-electron chi connectivity index (χ0n) is 7.45. The van der Waals surface area contributed by atoms with Gasteiger partial charge in [-0.15, -0.1) is 0 Å². The van der Waals surface area contributed by atoms with Gasteiger partial charge >= 0.3 is 0 Å². The van der Waals surface area contributed by atoms with Crippen molar-refractivity contribution in [1.29, 1.82) is 0 Å². The zero-order chi connectivity index (χ0) is 8.55. The number of nitrogens with two attached hydrogens (primary N) is 1. The Balaban J connectivity index is 2.42. The van der Waals surface area contributed by atoms with E-state index in [1.807, 2.05) is 17.9 Å². The molecule has 1 heterocycles. The number of fused-ring (bicyclic) bond motifs is 1. The molecule has 0 amide bonds. The van der Waals surface area contributed by atoms with Crippen LogP contribution in [-0.2, 0) is 13.5 Å². The quantitative estimate of drug-likeness (QED) is 0.586. The third-order valence-corrected chi connectivity index (χ3v) is 2.63. The fourth-order valence-corrected chi connectivity index (χ4v) is 1.98. The molecule has 0 fully saturated rings. The van der Waals surface area contributed by atoms with Gasteiger partial charge in [0.1, 0.15) is 0 Å². The molecule has 3 nitrogen and oxygen atoms in total. The molecule has 1 aliphatic rings. The predicted octanol–water partition coefficient (Wildman–Crippen LogP) is 1.15. The highest BCUT2D eigenvalue weighted by molar-refractivity contribution is 5.22. The standard InChI is InChI=1S/C9H15N3/c1-12-9-7(6-11-12)4-2-3-5-8(9)10/h6,8H,2-5,10H2,1H3. The average molecular weight is 165 g/mol. The first-order valence-corrected chi connectivity index (χ1v) is 4.55. The molecule has 3 heteroatoms. The highest BCUT2D eigenvalue weighted by Crippen LogP contribution is 2.25. The van der Waals surface area contributed by atoms with Gasteiger partial charge in [-0.3, -0.25) is 4.68 Å². The highest BCUT2D eigenvalue weighted by Gasteiger charge is 2.18. The fraction of sp³-hybridized carbons (Fsp3) is 0.667. The third-order valence-electron chi connectivity index (χ3n) is 2.63. The van der Waals surface area contributed by atoms with Crippen molar-refractivity contribution in [1.82, 2.24) is 9.78 Å². The third kappa shape index (κ3) is 1.14. The van der Waals surface area contributed by atoms with Crippen LogP contribution in [0, 0.1) is 0 Å². The van der Waals surface area contributed by atoms with Crippen LogP contribution in [0.2, 0.25) is 0 Å². The van der Waals surface area contributed by atoms with Gasteiger partial charge in [0.25, 0.3) is 0 Å². The van der Waals surface area contributed by atoms with Crippen molar-refractivity contribution >= 4 is 0 Å². The molecule has 12 heavy (non-hydrogen) atoms. The minimum Gasteiger partial charge on any atom is -0.323 e. The lowest BCUT2D eigenvalue weighted by Crippen LogP contribution is -2.14. The molecule has 0 spiro atoms. The number of nitrogens with zero attached hydrogens (tertiary/aromatic N) is 2. The van der Waals surface area contributed by atoms with Crippen molar-refractivity contribution in [3.63, 3.8) is 0 Å². The van der Waals surface area contributed by atoms with Crippen LogP contribution >= 0.6 is 0 Å². The molecule has 0 aliphatic heterocycles. The van der Waals surface area contributed by atoms with E-state index in [9.17, 15) is 0 Å². The predicted molar refractivity (Wildman–Crippen MR) is 47.7 cm³/mol. The summed E-state index contributed by atoms with van der Waals surface area (Å²) in [5.41, 5.74) is 8.62. The van der Waals surface area contributed by atoms with Gasteiger partial charge in [0.2, 0.25) is 0 Å². The largest absolute Gasteiger partial charge is 0.323 e. The molecule has 1 aliphatic carbocycles. The second kappa shape index (κ2) is 2.90. The van der Waals surface area contributed by atoms with Gasteiger partial charge in [0.05, 0.1) is 11.9 Å². The van der Waals surface area contributed by atoms with E-state index in [4.69, 9.17) is 5.73 Å². The maximum atomic E-state index is 6.03. The summed E-state index contributed by atoms with van der Waals surface area (Å²) in [7, 11) is 1.98. The number of hydrogen-bond acceptors (Lipinski definition) is 2. The molecule has 2 rings (SSSR count). The Morgan fingerprint density at radius 1 is 1.58 bits per heavy atom. The number of aromatic nitrogens is 2. The van der Waals surface area contributed by atoms with Gasteiger partial charge in [-0.05, 0) is 24.8 Å². The topological polar surface area (TPSA) is 43.8 Å². The van der Waals surface area contributed by atoms with Crippen LogP contribution < -0.4 is 5.73 Å². The minimum absolute atomic E-state index is 0.204. The molecule has 1 unspecified atom stereocenters. The summed E-state index contributed by atoms with van der Waals surface area (Å²) in [5, 5.41) is 4.23. The fourth-order valence-electron chi connectivity index (χ4n) is 1.98. The smallest absolute Gasteiger partial charge is 0.0580 e. The maximum absolute atomic E-state index is 6.03. The van der Waals surface area contributed by atoms with E-state index in [1.54, 1.807) is 0 Å². The second-order valence-electron chi connectivity index (χ2n) is 3.53. The minimum atomic E-state index is 0.204. The first-order valence-electron chi connectivity index (χ1n) is 4.55. The molecule has 66 valence electrons. The van der Waals surface area contributed by atoms with E-state index >= 15 is 0 Å². The molecule has 1 atom stereocenters. The summed E-state index contributed by atoms with van der Waals surface area (Å²) in [4.78, 5) is 0. The van der Waals surface area contributed by atoms with Crippen molar-refractivity contribution in [2.45, 2.75) is 31.7 Å². The summed E-state index contributed by atoms with van der Waals surface area (Å²) in [5.74, 6) is 0. The molecule has 1 aromatic rings. The van der Waals surface area contributed by atoms with Gasteiger partial charge in [0.15, 0.2) is 0 Å². The van der Waals surface area contributed by atoms with E-state index in [0.29, 0.717) is 0 Å². The first kappa shape index (κ1) is 7.80. The Labute approximate surface area is 72.6 Å². The summed E-state index contributed by atoms with van der Waals surface area (Å²) in [6.45, 7) is 0. The van der Waals surface area contributed by atoms with E-state index < -0.39 is 0 Å². The van der Waals surface area contributed by atoms with Crippen LogP contribution in [0.4, 0.5) is 0 Å². The van der Waals surface area contributed by atoms with E-state index in [2.05, 4.69) is 5.10 Å². The second-order valence-corrected chi connectivity index (χ2v) is 3.53. The first-order chi connectivity index (χ1) is 5.79. The van der Waals surface area contributed by atoms with Crippen LogP contribution in [0.15, 0.2) is 6.20 Å². The zero-order valence-corrected chi connectivity index (χ0v) is 7.45. The summed E-state index contributed by atoms with van der Waals surface area (Å²) >= 11 is 0. The highest BCUT2D eigenvalue weighted by atomic mass is 15.3. The lowest BCUT2D eigenvalue weighted by molar-refractivity contribution is 0.566. The number of aryl methyl sites for hydroxylation is 2. The number of rotatable bonds is 0. The molecular formula is C9H15N3. The van der Waals surface area contributed by atoms with Crippen molar-refractivity contribution in [2.75, 3.05) is 0 Å². The molecule has 0 bridgehead atoms. The summed E-state index contributed by atoms with van der Waals surface area (Å²) in [6.07, 6.45) is 6.71. The van der Waals surface area contributed by atoms with Gasteiger partial charge < -0.3 is 5.73 Å². The molecular weight excluding hydrogens is 150 g/mol. The Hall–Kier alpha value is -0.830. The van der Waals surface area contributed by atoms with Crippen molar-refractivity contribution < 1.29 is 0 Å². The molecule has 0 saturated heterocycles. The average Bonchev–Trinajstić information content (AvgIpc) is 2.29. The Morgan fingerprint density at radius 3 is 3.25 bits per heavy atom. The SMILES string of the molecule is Cn1ncc2c1C(N)CCCC2. The van der Waals surface area contributed by atoms with E-state index in [-0.39, 0.29) is 6.04 Å². The van der Waals surface area contributed by atoms with Crippen molar-refractivity contribution in [3.8, 4) is 0 Å². The van der Waals surface area contributed by atoms with Gasteiger partial charge in [-0.25, -0.2) is 0 Å². The Morgan fingerprint density at radius 2 is 2.42 bits per heavy atom. The van der Waals surface area contributed by atoms with Crippen LogP contribution in [0.1, 0.15) is 36.6 Å². The summed E-state index contributed by atoms with van der Waals surface area (Å²) < 4.78 is 1.92. The van der Waals surface area contributed by atoms with Gasteiger partial charge in [0, 0.05) is 13.1 Å².